The molecule has 104 valence electrons. The number of carboxylic acid groups (broad SMARTS) is 1. The minimum atomic E-state index is -0.979. The summed E-state index contributed by atoms with van der Waals surface area (Å²) >= 11 is 0. The van der Waals surface area contributed by atoms with Gasteiger partial charge >= 0.3 is 5.97 Å². The maximum Gasteiger partial charge on any atom is 0.320 e. The standard InChI is InChI=1S/C16H16FNO2/c17-14-8-6-13(7-9-14)12-4-1-11(2-5-12)3-10-15(18)16(19)20/h1-2,4-9,15H,3,10,18H2,(H,19,20)/t15-/m0/s1. The molecule has 2 aromatic carbocycles. The number of benzene rings is 2. The largest absolute Gasteiger partial charge is 0.480 e. The fourth-order valence-electron chi connectivity index (χ4n) is 1.95. The highest BCUT2D eigenvalue weighted by molar-refractivity contribution is 5.73. The smallest absolute Gasteiger partial charge is 0.320 e. The molecule has 0 aliphatic heterocycles. The Morgan fingerprint density at radius 1 is 1.05 bits per heavy atom. The Hall–Kier alpha value is -2.20. The van der Waals surface area contributed by atoms with Crippen LogP contribution in [0.4, 0.5) is 4.39 Å². The number of hydrogen-bond acceptors (Lipinski definition) is 2. The van der Waals surface area contributed by atoms with Crippen LogP contribution in [0.25, 0.3) is 11.1 Å². The normalized spacial score (nSPS) is 12.1. The maximum atomic E-state index is 12.8. The van der Waals surface area contributed by atoms with Crippen LogP contribution in [-0.4, -0.2) is 17.1 Å². The van der Waals surface area contributed by atoms with Crippen molar-refractivity contribution in [2.75, 3.05) is 0 Å². The van der Waals surface area contributed by atoms with Crippen molar-refractivity contribution in [2.24, 2.45) is 5.73 Å². The van der Waals surface area contributed by atoms with E-state index in [0.29, 0.717) is 12.8 Å². The Morgan fingerprint density at radius 2 is 1.55 bits per heavy atom. The van der Waals surface area contributed by atoms with Gasteiger partial charge in [-0.05, 0) is 41.7 Å². The molecule has 0 saturated carbocycles. The van der Waals surface area contributed by atoms with Gasteiger partial charge in [-0.3, -0.25) is 4.79 Å². The highest BCUT2D eigenvalue weighted by Gasteiger charge is 2.10. The summed E-state index contributed by atoms with van der Waals surface area (Å²) in [5.74, 6) is -1.24. The third-order valence-corrected chi connectivity index (χ3v) is 3.19. The number of aliphatic carboxylic acids is 1. The molecule has 3 N–H and O–H groups in total. The van der Waals surface area contributed by atoms with Crippen molar-refractivity contribution < 1.29 is 14.3 Å². The first-order chi connectivity index (χ1) is 9.56. The van der Waals surface area contributed by atoms with Crippen LogP contribution in [0, 0.1) is 5.82 Å². The first kappa shape index (κ1) is 14.2. The van der Waals surface area contributed by atoms with Crippen molar-refractivity contribution >= 4 is 5.97 Å². The van der Waals surface area contributed by atoms with Crippen molar-refractivity contribution in [3.05, 3.63) is 59.9 Å². The van der Waals surface area contributed by atoms with Gasteiger partial charge in [0.25, 0.3) is 0 Å². The molecule has 0 aliphatic rings. The molecule has 0 aliphatic carbocycles. The number of aryl methyl sites for hydroxylation is 1. The van der Waals surface area contributed by atoms with Gasteiger partial charge in [-0.2, -0.15) is 0 Å². The number of carbonyl (C=O) groups is 1. The number of nitrogens with two attached hydrogens (primary N) is 1. The zero-order chi connectivity index (χ0) is 14.5. The van der Waals surface area contributed by atoms with Gasteiger partial charge in [0.05, 0.1) is 0 Å². The molecule has 0 radical (unpaired) electrons. The molecule has 0 amide bonds. The van der Waals surface area contributed by atoms with Crippen LogP contribution in [0.1, 0.15) is 12.0 Å². The van der Waals surface area contributed by atoms with Crippen LogP contribution in [0.5, 0.6) is 0 Å². The molecule has 2 aromatic rings. The summed E-state index contributed by atoms with van der Waals surface area (Å²) in [7, 11) is 0. The Balaban J connectivity index is 2.03. The third kappa shape index (κ3) is 3.65. The topological polar surface area (TPSA) is 63.3 Å². The molecule has 0 bridgehead atoms. The summed E-state index contributed by atoms with van der Waals surface area (Å²) in [6.07, 6.45) is 1.03. The van der Waals surface area contributed by atoms with Crippen LogP contribution in [-0.2, 0) is 11.2 Å². The molecule has 1 atom stereocenters. The Morgan fingerprint density at radius 3 is 2.05 bits per heavy atom. The van der Waals surface area contributed by atoms with Crippen molar-refractivity contribution in [1.29, 1.82) is 0 Å². The first-order valence-electron chi connectivity index (χ1n) is 6.39. The molecular formula is C16H16FNO2. The van der Waals surface area contributed by atoms with Gasteiger partial charge in [0, 0.05) is 0 Å². The monoisotopic (exact) mass is 273 g/mol. The van der Waals surface area contributed by atoms with Crippen molar-refractivity contribution in [3.63, 3.8) is 0 Å². The lowest BCUT2D eigenvalue weighted by Gasteiger charge is -2.07. The van der Waals surface area contributed by atoms with E-state index in [1.165, 1.54) is 12.1 Å². The highest BCUT2D eigenvalue weighted by atomic mass is 19.1. The molecule has 2 rings (SSSR count). The summed E-state index contributed by atoms with van der Waals surface area (Å²) in [5, 5.41) is 8.72. The second-order valence-corrected chi connectivity index (χ2v) is 4.69. The first-order valence-corrected chi connectivity index (χ1v) is 6.39. The molecule has 0 saturated heterocycles. The number of carboxylic acids is 1. The van der Waals surface area contributed by atoms with Gasteiger partial charge in [-0.1, -0.05) is 36.4 Å². The molecule has 0 aromatic heterocycles. The summed E-state index contributed by atoms with van der Waals surface area (Å²) in [5.41, 5.74) is 8.44. The van der Waals surface area contributed by atoms with Gasteiger partial charge in [0.1, 0.15) is 11.9 Å². The summed E-state index contributed by atoms with van der Waals surface area (Å²) in [4.78, 5) is 10.6. The minimum absolute atomic E-state index is 0.256. The van der Waals surface area contributed by atoms with Crippen molar-refractivity contribution in [3.8, 4) is 11.1 Å². The van der Waals surface area contributed by atoms with E-state index in [0.717, 1.165) is 16.7 Å². The fraction of sp³-hybridized carbons (Fsp3) is 0.188. The summed E-state index contributed by atoms with van der Waals surface area (Å²) in [6, 6.07) is 13.2. The van der Waals surface area contributed by atoms with Crippen LogP contribution in [0.3, 0.4) is 0 Å². The average molecular weight is 273 g/mol. The van der Waals surface area contributed by atoms with Gasteiger partial charge in [0.2, 0.25) is 0 Å². The van der Waals surface area contributed by atoms with Gasteiger partial charge in [-0.15, -0.1) is 0 Å². The van der Waals surface area contributed by atoms with E-state index in [1.807, 2.05) is 24.3 Å². The predicted octanol–water partition coefficient (Wildman–Crippen LogP) is 2.84. The van der Waals surface area contributed by atoms with E-state index in [4.69, 9.17) is 10.8 Å². The zero-order valence-electron chi connectivity index (χ0n) is 10.9. The lowest BCUT2D eigenvalue weighted by Crippen LogP contribution is -2.30. The second-order valence-electron chi connectivity index (χ2n) is 4.69. The van der Waals surface area contributed by atoms with Crippen molar-refractivity contribution in [1.82, 2.24) is 0 Å². The lowest BCUT2D eigenvalue weighted by molar-refractivity contribution is -0.138. The molecule has 4 heteroatoms. The lowest BCUT2D eigenvalue weighted by atomic mass is 10.0. The van der Waals surface area contributed by atoms with Crippen LogP contribution >= 0.6 is 0 Å². The minimum Gasteiger partial charge on any atom is -0.480 e. The molecule has 0 fully saturated rings. The van der Waals surface area contributed by atoms with Crippen LogP contribution in [0.15, 0.2) is 48.5 Å². The van der Waals surface area contributed by atoms with E-state index >= 15 is 0 Å². The van der Waals surface area contributed by atoms with E-state index in [9.17, 15) is 9.18 Å². The Bertz CT molecular complexity index is 578. The Labute approximate surface area is 116 Å². The molecule has 0 unspecified atom stereocenters. The number of halogens is 1. The van der Waals surface area contributed by atoms with Gasteiger partial charge in [0.15, 0.2) is 0 Å². The molecule has 3 nitrogen and oxygen atoms in total. The molecule has 0 spiro atoms. The number of hydrogen-bond donors (Lipinski definition) is 2. The van der Waals surface area contributed by atoms with Crippen molar-refractivity contribution in [2.45, 2.75) is 18.9 Å². The third-order valence-electron chi connectivity index (χ3n) is 3.19. The van der Waals surface area contributed by atoms with E-state index < -0.39 is 12.0 Å². The maximum absolute atomic E-state index is 12.8. The highest BCUT2D eigenvalue weighted by Crippen LogP contribution is 2.20. The van der Waals surface area contributed by atoms with E-state index in [-0.39, 0.29) is 5.82 Å². The summed E-state index contributed by atoms with van der Waals surface area (Å²) in [6.45, 7) is 0. The van der Waals surface area contributed by atoms with Crippen LogP contribution < -0.4 is 5.73 Å². The molecule has 0 heterocycles. The molecular weight excluding hydrogens is 257 g/mol. The van der Waals surface area contributed by atoms with Gasteiger partial charge < -0.3 is 10.8 Å². The fourth-order valence-corrected chi connectivity index (χ4v) is 1.95. The second kappa shape index (κ2) is 6.30. The summed E-state index contributed by atoms with van der Waals surface area (Å²) < 4.78 is 12.8. The zero-order valence-corrected chi connectivity index (χ0v) is 10.9. The molecule has 20 heavy (non-hydrogen) atoms. The van der Waals surface area contributed by atoms with Crippen LogP contribution in [0.2, 0.25) is 0 Å². The van der Waals surface area contributed by atoms with E-state index in [1.54, 1.807) is 12.1 Å². The Kier molecular flexibility index (Phi) is 4.48. The average Bonchev–Trinajstić information content (AvgIpc) is 2.46. The number of rotatable bonds is 5. The van der Waals surface area contributed by atoms with E-state index in [2.05, 4.69) is 0 Å². The quantitative estimate of drug-likeness (QED) is 0.880. The predicted molar refractivity (Wildman–Crippen MR) is 75.8 cm³/mol. The SMILES string of the molecule is N[C@@H](CCc1ccc(-c2ccc(F)cc2)cc1)C(=O)O. The van der Waals surface area contributed by atoms with Gasteiger partial charge in [-0.25, -0.2) is 4.39 Å².